The molecule has 1 aromatic heterocycles. The van der Waals surface area contributed by atoms with Gasteiger partial charge in [-0.15, -0.1) is 0 Å². The van der Waals surface area contributed by atoms with Crippen molar-refractivity contribution >= 4 is 33.4 Å². The Hall–Kier alpha value is -0.650. The van der Waals surface area contributed by atoms with E-state index in [2.05, 4.69) is 26.2 Å². The van der Waals surface area contributed by atoms with Crippen LogP contribution in [0.2, 0.25) is 5.15 Å². The lowest BCUT2D eigenvalue weighted by molar-refractivity contribution is 0.0925. The van der Waals surface area contributed by atoms with E-state index in [9.17, 15) is 4.79 Å². The summed E-state index contributed by atoms with van der Waals surface area (Å²) in [7, 11) is 0. The Morgan fingerprint density at radius 2 is 2.11 bits per heavy atom. The van der Waals surface area contributed by atoms with Gasteiger partial charge in [-0.1, -0.05) is 11.6 Å². The predicted octanol–water partition coefficient (Wildman–Crippen LogP) is 2.50. The number of hydrogen-bond donors (Lipinski definition) is 2. The number of halogens is 2. The molecule has 1 amide bonds. The normalized spacial score (nSPS) is 23.7. The zero-order valence-corrected chi connectivity index (χ0v) is 12.2. The van der Waals surface area contributed by atoms with Crippen molar-refractivity contribution in [2.75, 3.05) is 0 Å². The maximum absolute atomic E-state index is 12.1. The molecule has 0 unspecified atom stereocenters. The maximum Gasteiger partial charge on any atom is 0.254 e. The van der Waals surface area contributed by atoms with E-state index >= 15 is 0 Å². The summed E-state index contributed by atoms with van der Waals surface area (Å²) in [6, 6.07) is 2.14. The van der Waals surface area contributed by atoms with Gasteiger partial charge in [0.15, 0.2) is 0 Å². The van der Waals surface area contributed by atoms with E-state index in [1.165, 1.54) is 0 Å². The van der Waals surface area contributed by atoms with Gasteiger partial charge in [0.05, 0.1) is 5.56 Å². The molecule has 1 fully saturated rings. The molecule has 1 aliphatic rings. The number of amides is 1. The van der Waals surface area contributed by atoms with Crippen molar-refractivity contribution in [1.29, 1.82) is 0 Å². The highest BCUT2D eigenvalue weighted by molar-refractivity contribution is 9.10. The summed E-state index contributed by atoms with van der Waals surface area (Å²) in [5, 5.41) is 3.21. The minimum absolute atomic E-state index is 0.172. The summed E-state index contributed by atoms with van der Waals surface area (Å²) in [4.78, 5) is 16.0. The summed E-state index contributed by atoms with van der Waals surface area (Å²) < 4.78 is 0.739. The van der Waals surface area contributed by atoms with Crippen LogP contribution in [0, 0.1) is 0 Å². The molecule has 4 nitrogen and oxygen atoms in total. The van der Waals surface area contributed by atoms with Gasteiger partial charge in [0.2, 0.25) is 0 Å². The van der Waals surface area contributed by atoms with E-state index in [4.69, 9.17) is 17.3 Å². The number of hydrogen-bond acceptors (Lipinski definition) is 3. The molecule has 1 aromatic rings. The smallest absolute Gasteiger partial charge is 0.254 e. The van der Waals surface area contributed by atoms with Crippen LogP contribution >= 0.6 is 27.5 Å². The van der Waals surface area contributed by atoms with Gasteiger partial charge >= 0.3 is 0 Å². The molecule has 0 spiro atoms. The SMILES string of the molecule is NC1CCC(NC(=O)c2cc(Br)cnc2Cl)CC1. The van der Waals surface area contributed by atoms with Gasteiger partial charge in [-0.2, -0.15) is 0 Å². The van der Waals surface area contributed by atoms with Gasteiger partial charge in [0.1, 0.15) is 5.15 Å². The minimum Gasteiger partial charge on any atom is -0.349 e. The van der Waals surface area contributed by atoms with Gasteiger partial charge in [0.25, 0.3) is 5.91 Å². The lowest BCUT2D eigenvalue weighted by Crippen LogP contribution is -2.40. The highest BCUT2D eigenvalue weighted by Gasteiger charge is 2.21. The number of nitrogens with one attached hydrogen (secondary N) is 1. The van der Waals surface area contributed by atoms with E-state index < -0.39 is 0 Å². The first-order valence-corrected chi connectivity index (χ1v) is 7.11. The summed E-state index contributed by atoms with van der Waals surface area (Å²) >= 11 is 9.20. The fourth-order valence-electron chi connectivity index (χ4n) is 2.11. The van der Waals surface area contributed by atoms with Crippen LogP contribution in [-0.4, -0.2) is 23.0 Å². The number of carbonyl (C=O) groups excluding carboxylic acids is 1. The Morgan fingerprint density at radius 1 is 1.44 bits per heavy atom. The van der Waals surface area contributed by atoms with E-state index in [-0.39, 0.29) is 23.1 Å². The van der Waals surface area contributed by atoms with Crippen molar-refractivity contribution in [2.45, 2.75) is 37.8 Å². The van der Waals surface area contributed by atoms with E-state index in [0.717, 1.165) is 30.2 Å². The number of pyridine rings is 1. The summed E-state index contributed by atoms with van der Waals surface area (Å²) in [6.45, 7) is 0. The fourth-order valence-corrected chi connectivity index (χ4v) is 2.63. The molecule has 0 aromatic carbocycles. The minimum atomic E-state index is -0.172. The quantitative estimate of drug-likeness (QED) is 0.818. The standard InChI is InChI=1S/C12H15BrClN3O/c13-7-5-10(11(14)16-6-7)12(18)17-9-3-1-8(15)2-4-9/h5-6,8-9H,1-4,15H2,(H,17,18). The molecule has 0 aliphatic heterocycles. The molecule has 6 heteroatoms. The van der Waals surface area contributed by atoms with Gasteiger partial charge in [-0.05, 0) is 47.7 Å². The first-order chi connectivity index (χ1) is 8.56. The Bertz CT molecular complexity index is 447. The average molecular weight is 333 g/mol. The number of nitrogens with zero attached hydrogens (tertiary/aromatic N) is 1. The van der Waals surface area contributed by atoms with Crippen molar-refractivity contribution in [3.63, 3.8) is 0 Å². The van der Waals surface area contributed by atoms with Gasteiger partial charge < -0.3 is 11.1 Å². The van der Waals surface area contributed by atoms with Crippen molar-refractivity contribution < 1.29 is 4.79 Å². The Morgan fingerprint density at radius 3 is 2.78 bits per heavy atom. The number of aromatic nitrogens is 1. The zero-order chi connectivity index (χ0) is 13.1. The first kappa shape index (κ1) is 13.8. The summed E-state index contributed by atoms with van der Waals surface area (Å²) in [6.07, 6.45) is 5.32. The second-order valence-electron chi connectivity index (χ2n) is 4.58. The average Bonchev–Trinajstić information content (AvgIpc) is 2.35. The van der Waals surface area contributed by atoms with Crippen LogP contribution in [0.4, 0.5) is 0 Å². The third-order valence-electron chi connectivity index (χ3n) is 3.16. The molecule has 3 N–H and O–H groups in total. The van der Waals surface area contributed by atoms with Gasteiger partial charge in [0, 0.05) is 22.8 Å². The van der Waals surface area contributed by atoms with E-state index in [0.29, 0.717) is 5.56 Å². The van der Waals surface area contributed by atoms with E-state index in [1.807, 2.05) is 0 Å². The van der Waals surface area contributed by atoms with Crippen molar-refractivity contribution in [3.05, 3.63) is 27.5 Å². The third-order valence-corrected chi connectivity index (χ3v) is 3.89. The topological polar surface area (TPSA) is 68.0 Å². The molecule has 1 heterocycles. The van der Waals surface area contributed by atoms with E-state index in [1.54, 1.807) is 12.3 Å². The highest BCUT2D eigenvalue weighted by Crippen LogP contribution is 2.20. The molecule has 0 radical (unpaired) electrons. The second kappa shape index (κ2) is 5.99. The lowest BCUT2D eigenvalue weighted by Gasteiger charge is -2.26. The molecule has 1 aliphatic carbocycles. The molecular weight excluding hydrogens is 318 g/mol. The zero-order valence-electron chi connectivity index (χ0n) is 9.83. The second-order valence-corrected chi connectivity index (χ2v) is 5.85. The molecular formula is C12H15BrClN3O. The van der Waals surface area contributed by atoms with Crippen LogP contribution in [0.25, 0.3) is 0 Å². The van der Waals surface area contributed by atoms with Crippen molar-refractivity contribution in [2.24, 2.45) is 5.73 Å². The monoisotopic (exact) mass is 331 g/mol. The molecule has 2 rings (SSSR count). The summed E-state index contributed by atoms with van der Waals surface area (Å²) in [5.41, 5.74) is 6.24. The number of nitrogens with two attached hydrogens (primary N) is 1. The number of rotatable bonds is 2. The maximum atomic E-state index is 12.1. The van der Waals surface area contributed by atoms with Crippen LogP contribution in [0.15, 0.2) is 16.7 Å². The summed E-state index contributed by atoms with van der Waals surface area (Å²) in [5.74, 6) is -0.172. The third kappa shape index (κ3) is 3.43. The lowest BCUT2D eigenvalue weighted by atomic mass is 9.92. The first-order valence-electron chi connectivity index (χ1n) is 5.93. The van der Waals surface area contributed by atoms with Crippen LogP contribution in [0.1, 0.15) is 36.0 Å². The van der Waals surface area contributed by atoms with Crippen LogP contribution in [-0.2, 0) is 0 Å². The predicted molar refractivity (Wildman–Crippen MR) is 74.6 cm³/mol. The van der Waals surface area contributed by atoms with Crippen molar-refractivity contribution in [3.8, 4) is 0 Å². The van der Waals surface area contributed by atoms with Crippen LogP contribution < -0.4 is 11.1 Å². The molecule has 0 atom stereocenters. The molecule has 98 valence electrons. The molecule has 0 saturated heterocycles. The molecule has 0 bridgehead atoms. The largest absolute Gasteiger partial charge is 0.349 e. The Labute approximate surface area is 119 Å². The van der Waals surface area contributed by atoms with Crippen LogP contribution in [0.5, 0.6) is 0 Å². The van der Waals surface area contributed by atoms with Crippen molar-refractivity contribution in [1.82, 2.24) is 10.3 Å². The fraction of sp³-hybridized carbons (Fsp3) is 0.500. The highest BCUT2D eigenvalue weighted by atomic mass is 79.9. The van der Waals surface area contributed by atoms with Gasteiger partial charge in [-0.25, -0.2) is 4.98 Å². The Balaban J connectivity index is 2.01. The number of carbonyl (C=O) groups is 1. The Kier molecular flexibility index (Phi) is 4.59. The molecule has 18 heavy (non-hydrogen) atoms. The van der Waals surface area contributed by atoms with Gasteiger partial charge in [-0.3, -0.25) is 4.79 Å². The van der Waals surface area contributed by atoms with Crippen LogP contribution in [0.3, 0.4) is 0 Å². The molecule has 1 saturated carbocycles.